The smallest absolute Gasteiger partial charge is 0.336 e. The molecule has 1 unspecified atom stereocenters. The Morgan fingerprint density at radius 1 is 1.40 bits per heavy atom. The Morgan fingerprint density at radius 3 is 2.75 bits per heavy atom. The molecule has 0 aromatic heterocycles. The van der Waals surface area contributed by atoms with Crippen molar-refractivity contribution >= 4 is 16.0 Å². The Bertz CT molecular complexity index is 557. The van der Waals surface area contributed by atoms with Crippen molar-refractivity contribution in [2.24, 2.45) is 0 Å². The van der Waals surface area contributed by atoms with Crippen molar-refractivity contribution < 1.29 is 22.7 Å². The summed E-state index contributed by atoms with van der Waals surface area (Å²) >= 11 is 0. The van der Waals surface area contributed by atoms with Gasteiger partial charge >= 0.3 is 5.97 Å². The molecule has 0 aliphatic carbocycles. The van der Waals surface area contributed by atoms with E-state index in [1.54, 1.807) is 24.3 Å². The highest BCUT2D eigenvalue weighted by molar-refractivity contribution is 7.88. The Labute approximate surface area is 118 Å². The molecule has 1 aromatic rings. The number of benzene rings is 1. The van der Waals surface area contributed by atoms with Crippen molar-refractivity contribution in [3.8, 4) is 0 Å². The summed E-state index contributed by atoms with van der Waals surface area (Å²) in [6.07, 6.45) is -0.848. The summed E-state index contributed by atoms with van der Waals surface area (Å²) in [5, 5.41) is 0. The molecular formula is C13H17NO5S. The van der Waals surface area contributed by atoms with Gasteiger partial charge in [0.15, 0.2) is 6.10 Å². The number of ether oxygens (including phenoxy) is 2. The van der Waals surface area contributed by atoms with Gasteiger partial charge in [0.1, 0.15) is 0 Å². The SMILES string of the molecule is COC(=O)C1CN(S(=O)(=O)Cc2ccccc2)CCO1. The third-order valence-electron chi connectivity index (χ3n) is 3.08. The molecule has 110 valence electrons. The third kappa shape index (κ3) is 3.56. The van der Waals surface area contributed by atoms with E-state index in [1.807, 2.05) is 6.07 Å². The summed E-state index contributed by atoms with van der Waals surface area (Å²) in [7, 11) is -2.21. The summed E-state index contributed by atoms with van der Waals surface area (Å²) in [4.78, 5) is 11.4. The van der Waals surface area contributed by atoms with E-state index < -0.39 is 22.1 Å². The van der Waals surface area contributed by atoms with Gasteiger partial charge in [-0.1, -0.05) is 30.3 Å². The molecule has 0 saturated carbocycles. The first-order valence-corrected chi connectivity index (χ1v) is 7.85. The lowest BCUT2D eigenvalue weighted by atomic mass is 10.2. The largest absolute Gasteiger partial charge is 0.467 e. The molecule has 1 atom stereocenters. The maximum absolute atomic E-state index is 12.3. The van der Waals surface area contributed by atoms with E-state index in [0.717, 1.165) is 0 Å². The van der Waals surface area contributed by atoms with Gasteiger partial charge in [0.2, 0.25) is 10.0 Å². The lowest BCUT2D eigenvalue weighted by Crippen LogP contribution is -2.49. The second-order valence-corrected chi connectivity index (χ2v) is 6.45. The van der Waals surface area contributed by atoms with Gasteiger partial charge in [-0.25, -0.2) is 13.2 Å². The number of esters is 1. The van der Waals surface area contributed by atoms with Crippen LogP contribution in [0.15, 0.2) is 30.3 Å². The van der Waals surface area contributed by atoms with E-state index in [9.17, 15) is 13.2 Å². The first-order chi connectivity index (χ1) is 9.53. The average molecular weight is 299 g/mol. The van der Waals surface area contributed by atoms with Crippen LogP contribution in [-0.2, 0) is 30.0 Å². The summed E-state index contributed by atoms with van der Waals surface area (Å²) in [5.41, 5.74) is 0.716. The predicted molar refractivity (Wildman–Crippen MR) is 72.4 cm³/mol. The normalized spacial score (nSPS) is 20.6. The highest BCUT2D eigenvalue weighted by Crippen LogP contribution is 2.15. The van der Waals surface area contributed by atoms with E-state index >= 15 is 0 Å². The minimum absolute atomic E-state index is 0.00183. The Hall–Kier alpha value is -1.44. The fraction of sp³-hybridized carbons (Fsp3) is 0.462. The van der Waals surface area contributed by atoms with Crippen LogP contribution in [0, 0.1) is 0 Å². The van der Waals surface area contributed by atoms with Crippen LogP contribution >= 0.6 is 0 Å². The molecule has 2 rings (SSSR count). The zero-order chi connectivity index (χ0) is 14.6. The predicted octanol–water partition coefficient (Wildman–Crippen LogP) is 0.390. The second kappa shape index (κ2) is 6.34. The highest BCUT2D eigenvalue weighted by atomic mass is 32.2. The van der Waals surface area contributed by atoms with Gasteiger partial charge in [-0.15, -0.1) is 0 Å². The van der Waals surface area contributed by atoms with Crippen LogP contribution in [0.4, 0.5) is 0 Å². The maximum Gasteiger partial charge on any atom is 0.336 e. The van der Waals surface area contributed by atoms with E-state index in [2.05, 4.69) is 4.74 Å². The number of carbonyl (C=O) groups excluding carboxylic acids is 1. The molecule has 1 aliphatic heterocycles. The number of sulfonamides is 1. The van der Waals surface area contributed by atoms with Gasteiger partial charge in [0.05, 0.1) is 26.0 Å². The second-order valence-electron chi connectivity index (χ2n) is 4.48. The first-order valence-electron chi connectivity index (χ1n) is 6.24. The Morgan fingerprint density at radius 2 is 2.10 bits per heavy atom. The molecule has 0 N–H and O–H groups in total. The molecule has 1 heterocycles. The van der Waals surface area contributed by atoms with E-state index in [1.165, 1.54) is 11.4 Å². The van der Waals surface area contributed by atoms with E-state index in [4.69, 9.17) is 4.74 Å². The fourth-order valence-electron chi connectivity index (χ4n) is 2.03. The molecule has 1 fully saturated rings. The van der Waals surface area contributed by atoms with Crippen molar-refractivity contribution in [2.75, 3.05) is 26.8 Å². The summed E-state index contributed by atoms with van der Waals surface area (Å²) in [5.74, 6) is -0.633. The molecule has 0 amide bonds. The van der Waals surface area contributed by atoms with Gasteiger partial charge in [0.25, 0.3) is 0 Å². The van der Waals surface area contributed by atoms with Crippen LogP contribution in [0.3, 0.4) is 0 Å². The molecule has 1 saturated heterocycles. The van der Waals surface area contributed by atoms with E-state index in [-0.39, 0.29) is 25.4 Å². The number of morpholine rings is 1. The topological polar surface area (TPSA) is 72.9 Å². The van der Waals surface area contributed by atoms with Gasteiger partial charge < -0.3 is 9.47 Å². The monoisotopic (exact) mass is 299 g/mol. The first kappa shape index (κ1) is 15.0. The Kier molecular flexibility index (Phi) is 4.74. The zero-order valence-corrected chi connectivity index (χ0v) is 12.0. The minimum atomic E-state index is -3.47. The molecule has 0 radical (unpaired) electrons. The lowest BCUT2D eigenvalue weighted by molar-refractivity contribution is -0.157. The van der Waals surface area contributed by atoms with Crippen molar-refractivity contribution in [1.29, 1.82) is 0 Å². The van der Waals surface area contributed by atoms with Crippen molar-refractivity contribution in [3.05, 3.63) is 35.9 Å². The summed E-state index contributed by atoms with van der Waals surface area (Å²) < 4.78 is 35.8. The number of hydrogen-bond acceptors (Lipinski definition) is 5. The number of hydrogen-bond donors (Lipinski definition) is 0. The third-order valence-corrected chi connectivity index (χ3v) is 4.90. The summed E-state index contributed by atoms with van der Waals surface area (Å²) in [6, 6.07) is 8.94. The van der Waals surface area contributed by atoms with Crippen molar-refractivity contribution in [1.82, 2.24) is 4.31 Å². The molecule has 6 nitrogen and oxygen atoms in total. The fourth-order valence-corrected chi connectivity index (χ4v) is 3.54. The van der Waals surface area contributed by atoms with Gasteiger partial charge in [-0.3, -0.25) is 0 Å². The number of nitrogens with zero attached hydrogens (tertiary/aromatic N) is 1. The molecule has 7 heteroatoms. The maximum atomic E-state index is 12.3. The summed E-state index contributed by atoms with van der Waals surface area (Å²) in [6.45, 7) is 0.443. The van der Waals surface area contributed by atoms with Crippen LogP contribution < -0.4 is 0 Å². The number of methoxy groups -OCH3 is 1. The van der Waals surface area contributed by atoms with Crippen LogP contribution in [0.1, 0.15) is 5.56 Å². The molecule has 20 heavy (non-hydrogen) atoms. The molecule has 0 spiro atoms. The van der Waals surface area contributed by atoms with Crippen LogP contribution in [0.5, 0.6) is 0 Å². The standard InChI is InChI=1S/C13H17NO5S/c1-18-13(15)12-9-14(7-8-19-12)20(16,17)10-11-5-3-2-4-6-11/h2-6,12H,7-10H2,1H3. The molecule has 1 aliphatic rings. The van der Waals surface area contributed by atoms with Gasteiger partial charge in [-0.2, -0.15) is 4.31 Å². The Balaban J connectivity index is 2.07. The molecule has 1 aromatic carbocycles. The minimum Gasteiger partial charge on any atom is -0.467 e. The van der Waals surface area contributed by atoms with Crippen LogP contribution in [0.25, 0.3) is 0 Å². The number of carbonyl (C=O) groups is 1. The van der Waals surface area contributed by atoms with Gasteiger partial charge in [0, 0.05) is 6.54 Å². The van der Waals surface area contributed by atoms with Gasteiger partial charge in [-0.05, 0) is 5.56 Å². The quantitative estimate of drug-likeness (QED) is 0.752. The number of rotatable bonds is 4. The molecule has 0 bridgehead atoms. The van der Waals surface area contributed by atoms with Crippen LogP contribution in [-0.4, -0.2) is 51.6 Å². The average Bonchev–Trinajstić information content (AvgIpc) is 2.47. The lowest BCUT2D eigenvalue weighted by Gasteiger charge is -2.30. The van der Waals surface area contributed by atoms with Crippen molar-refractivity contribution in [3.63, 3.8) is 0 Å². The van der Waals surface area contributed by atoms with E-state index in [0.29, 0.717) is 5.56 Å². The highest BCUT2D eigenvalue weighted by Gasteiger charge is 2.33. The van der Waals surface area contributed by atoms with Crippen molar-refractivity contribution in [2.45, 2.75) is 11.9 Å². The van der Waals surface area contributed by atoms with Crippen LogP contribution in [0.2, 0.25) is 0 Å². The zero-order valence-electron chi connectivity index (χ0n) is 11.2. The molecular weight excluding hydrogens is 282 g/mol.